The van der Waals surface area contributed by atoms with E-state index in [1.807, 2.05) is 13.8 Å². The van der Waals surface area contributed by atoms with Crippen LogP contribution in [0.2, 0.25) is 0 Å². The molecule has 7 heteroatoms. The molecule has 0 bridgehead atoms. The number of pyridine rings is 1. The number of hydrogen-bond acceptors (Lipinski definition) is 5. The van der Waals surface area contributed by atoms with Crippen molar-refractivity contribution in [2.75, 3.05) is 18.5 Å². The van der Waals surface area contributed by atoms with Crippen LogP contribution in [0.4, 0.5) is 11.5 Å². The summed E-state index contributed by atoms with van der Waals surface area (Å²) in [7, 11) is 0. The number of nitrogens with one attached hydrogen (secondary N) is 1. The minimum absolute atomic E-state index is 0.0585. The zero-order valence-corrected chi connectivity index (χ0v) is 12.6. The molecule has 0 unspecified atom stereocenters. The fourth-order valence-electron chi connectivity index (χ4n) is 1.71. The van der Waals surface area contributed by atoms with Crippen LogP contribution in [-0.4, -0.2) is 28.2 Å². The fraction of sp³-hybridized carbons (Fsp3) is 0.583. The minimum atomic E-state index is -0.488. The number of rotatable bonds is 7. The number of halogens is 1. The van der Waals surface area contributed by atoms with Gasteiger partial charge in [0.1, 0.15) is 12.0 Å². The lowest BCUT2D eigenvalue weighted by Crippen LogP contribution is -2.32. The quantitative estimate of drug-likeness (QED) is 0.592. The molecule has 0 saturated heterocycles. The molecule has 0 saturated carbocycles. The third-order valence-corrected chi connectivity index (χ3v) is 4.11. The molecule has 6 nitrogen and oxygen atoms in total. The smallest absolute Gasteiger partial charge is 0.288 e. The number of anilines is 1. The Kier molecular flexibility index (Phi) is 5.68. The van der Waals surface area contributed by atoms with Gasteiger partial charge in [-0.05, 0) is 28.8 Å². The molecule has 19 heavy (non-hydrogen) atoms. The summed E-state index contributed by atoms with van der Waals surface area (Å²) >= 11 is 3.26. The second kappa shape index (κ2) is 6.81. The van der Waals surface area contributed by atoms with E-state index in [0.717, 1.165) is 12.8 Å². The number of aliphatic hydroxyl groups excluding tert-OH is 1. The lowest BCUT2D eigenvalue weighted by Gasteiger charge is -2.29. The van der Waals surface area contributed by atoms with Crippen LogP contribution in [0, 0.1) is 15.5 Å². The van der Waals surface area contributed by atoms with Gasteiger partial charge in [-0.25, -0.2) is 4.98 Å². The average molecular weight is 332 g/mol. The van der Waals surface area contributed by atoms with Gasteiger partial charge in [-0.2, -0.15) is 0 Å². The van der Waals surface area contributed by atoms with E-state index in [9.17, 15) is 15.2 Å². The van der Waals surface area contributed by atoms with Gasteiger partial charge in [0, 0.05) is 18.0 Å². The highest BCUT2D eigenvalue weighted by molar-refractivity contribution is 9.10. The first-order valence-corrected chi connectivity index (χ1v) is 6.92. The summed E-state index contributed by atoms with van der Waals surface area (Å²) in [6, 6.07) is 1.41. The van der Waals surface area contributed by atoms with Crippen molar-refractivity contribution in [3.05, 3.63) is 26.9 Å². The van der Waals surface area contributed by atoms with Crippen molar-refractivity contribution < 1.29 is 10.0 Å². The monoisotopic (exact) mass is 331 g/mol. The van der Waals surface area contributed by atoms with Gasteiger partial charge < -0.3 is 10.4 Å². The first-order chi connectivity index (χ1) is 8.98. The highest BCUT2D eigenvalue weighted by atomic mass is 79.9. The molecule has 0 aliphatic heterocycles. The molecular formula is C12H18BrN3O3. The molecule has 106 valence electrons. The molecule has 0 aliphatic rings. The van der Waals surface area contributed by atoms with E-state index in [2.05, 4.69) is 26.2 Å². The maximum atomic E-state index is 10.6. The van der Waals surface area contributed by atoms with Crippen LogP contribution < -0.4 is 5.32 Å². The van der Waals surface area contributed by atoms with E-state index < -0.39 is 4.92 Å². The van der Waals surface area contributed by atoms with Crippen molar-refractivity contribution in [3.63, 3.8) is 0 Å². The number of hydrogen-bond donors (Lipinski definition) is 2. The molecule has 1 rings (SSSR count). The summed E-state index contributed by atoms with van der Waals surface area (Å²) in [6.45, 7) is 4.72. The fourth-order valence-corrected chi connectivity index (χ4v) is 2.19. The van der Waals surface area contributed by atoms with Crippen LogP contribution in [0.3, 0.4) is 0 Å². The predicted octanol–water partition coefficient (Wildman–Crippen LogP) is 2.96. The lowest BCUT2D eigenvalue weighted by atomic mass is 9.83. The summed E-state index contributed by atoms with van der Waals surface area (Å²) in [4.78, 5) is 14.1. The van der Waals surface area contributed by atoms with E-state index in [-0.39, 0.29) is 17.7 Å². The average Bonchev–Trinajstić information content (AvgIpc) is 2.42. The van der Waals surface area contributed by atoms with Crippen molar-refractivity contribution in [1.82, 2.24) is 4.98 Å². The summed E-state index contributed by atoms with van der Waals surface area (Å²) in [5.74, 6) is 0.547. The Morgan fingerprint density at radius 1 is 1.53 bits per heavy atom. The number of nitrogens with zero attached hydrogens (tertiary/aromatic N) is 2. The van der Waals surface area contributed by atoms with Crippen molar-refractivity contribution >= 4 is 27.4 Å². The van der Waals surface area contributed by atoms with E-state index >= 15 is 0 Å². The van der Waals surface area contributed by atoms with Crippen LogP contribution >= 0.6 is 15.9 Å². The van der Waals surface area contributed by atoms with Crippen LogP contribution in [0.5, 0.6) is 0 Å². The molecule has 0 radical (unpaired) electrons. The van der Waals surface area contributed by atoms with E-state index in [1.54, 1.807) is 0 Å². The van der Waals surface area contributed by atoms with E-state index in [1.165, 1.54) is 12.3 Å². The molecule has 0 aliphatic carbocycles. The first kappa shape index (κ1) is 15.8. The molecule has 0 aromatic carbocycles. The summed E-state index contributed by atoms with van der Waals surface area (Å²) < 4.78 is 0.542. The first-order valence-electron chi connectivity index (χ1n) is 6.12. The van der Waals surface area contributed by atoms with Gasteiger partial charge in [-0.3, -0.25) is 10.1 Å². The zero-order chi connectivity index (χ0) is 14.5. The Balaban J connectivity index is 2.80. The normalized spacial score (nSPS) is 11.4. The highest BCUT2D eigenvalue weighted by Crippen LogP contribution is 2.29. The highest BCUT2D eigenvalue weighted by Gasteiger charge is 2.25. The SMILES string of the molecule is CCC(CC)(CO)CNc1ncc([N+](=O)[O-])cc1Br. The van der Waals surface area contributed by atoms with Crippen molar-refractivity contribution in [3.8, 4) is 0 Å². The van der Waals surface area contributed by atoms with Gasteiger partial charge in [0.15, 0.2) is 0 Å². The standard InChI is InChI=1S/C12H18BrN3O3/c1-3-12(4-2,8-17)7-15-11-10(13)5-9(6-14-11)16(18)19/h5-6,17H,3-4,7-8H2,1-2H3,(H,14,15). The lowest BCUT2D eigenvalue weighted by molar-refractivity contribution is -0.385. The summed E-state index contributed by atoms with van der Waals surface area (Å²) in [6.07, 6.45) is 2.90. The van der Waals surface area contributed by atoms with Gasteiger partial charge in [0.2, 0.25) is 0 Å². The topological polar surface area (TPSA) is 88.3 Å². The third kappa shape index (κ3) is 3.87. The van der Waals surface area contributed by atoms with Crippen molar-refractivity contribution in [2.24, 2.45) is 5.41 Å². The predicted molar refractivity (Wildman–Crippen MR) is 77.2 cm³/mol. The Morgan fingerprint density at radius 3 is 2.58 bits per heavy atom. The molecule has 0 spiro atoms. The Hall–Kier alpha value is -1.21. The summed E-state index contributed by atoms with van der Waals surface area (Å²) in [5.41, 5.74) is -0.250. The van der Waals surface area contributed by atoms with Crippen molar-refractivity contribution in [1.29, 1.82) is 0 Å². The van der Waals surface area contributed by atoms with Crippen LogP contribution in [-0.2, 0) is 0 Å². The Bertz CT molecular complexity index is 442. The zero-order valence-electron chi connectivity index (χ0n) is 11.0. The molecule has 1 aromatic heterocycles. The van der Waals surface area contributed by atoms with Gasteiger partial charge in [-0.15, -0.1) is 0 Å². The number of nitro groups is 1. The number of aliphatic hydroxyl groups is 1. The molecule has 0 amide bonds. The van der Waals surface area contributed by atoms with E-state index in [0.29, 0.717) is 16.8 Å². The van der Waals surface area contributed by atoms with Crippen LogP contribution in [0.1, 0.15) is 26.7 Å². The number of aromatic nitrogens is 1. The summed E-state index contributed by atoms with van der Waals surface area (Å²) in [5, 5.41) is 23.2. The molecule has 1 aromatic rings. The van der Waals surface area contributed by atoms with E-state index in [4.69, 9.17) is 0 Å². The molecular weight excluding hydrogens is 314 g/mol. The molecule has 0 fully saturated rings. The van der Waals surface area contributed by atoms with Gasteiger partial charge in [-0.1, -0.05) is 13.8 Å². The van der Waals surface area contributed by atoms with Crippen molar-refractivity contribution in [2.45, 2.75) is 26.7 Å². The third-order valence-electron chi connectivity index (χ3n) is 3.50. The maximum absolute atomic E-state index is 10.6. The Morgan fingerprint density at radius 2 is 2.16 bits per heavy atom. The van der Waals surface area contributed by atoms with Gasteiger partial charge in [0.25, 0.3) is 5.69 Å². The second-order valence-corrected chi connectivity index (χ2v) is 5.35. The second-order valence-electron chi connectivity index (χ2n) is 4.50. The van der Waals surface area contributed by atoms with Crippen LogP contribution in [0.15, 0.2) is 16.7 Å². The van der Waals surface area contributed by atoms with Crippen LogP contribution in [0.25, 0.3) is 0 Å². The van der Waals surface area contributed by atoms with Gasteiger partial charge in [0.05, 0.1) is 16.0 Å². The maximum Gasteiger partial charge on any atom is 0.288 e. The molecule has 0 atom stereocenters. The molecule has 1 heterocycles. The van der Waals surface area contributed by atoms with Gasteiger partial charge >= 0.3 is 0 Å². The largest absolute Gasteiger partial charge is 0.396 e. The minimum Gasteiger partial charge on any atom is -0.396 e. The molecule has 2 N–H and O–H groups in total. The Labute approximate surface area is 120 Å².